The summed E-state index contributed by atoms with van der Waals surface area (Å²) in [5.74, 6) is -0.166. The van der Waals surface area contributed by atoms with Crippen molar-refractivity contribution < 1.29 is 9.90 Å². The van der Waals surface area contributed by atoms with Gasteiger partial charge < -0.3 is 10.0 Å². The quantitative estimate of drug-likeness (QED) is 0.884. The molecule has 1 unspecified atom stereocenters. The summed E-state index contributed by atoms with van der Waals surface area (Å²) in [7, 11) is 3.92. The van der Waals surface area contributed by atoms with Gasteiger partial charge in [0.15, 0.2) is 0 Å². The van der Waals surface area contributed by atoms with Gasteiger partial charge in [-0.2, -0.15) is 0 Å². The third kappa shape index (κ3) is 2.52. The SMILES string of the molecule is CC(C)c1ccc(C(N(C)C)C2(C(=O)O)CC2)cc1. The fraction of sp³-hybridized carbons (Fsp3) is 0.562. The molecule has 2 rings (SSSR count). The summed E-state index contributed by atoms with van der Waals surface area (Å²) in [5.41, 5.74) is 1.82. The van der Waals surface area contributed by atoms with Crippen LogP contribution in [0.25, 0.3) is 0 Å². The van der Waals surface area contributed by atoms with Crippen molar-refractivity contribution in [1.82, 2.24) is 4.90 Å². The second-order valence-corrected chi connectivity index (χ2v) is 6.15. The fourth-order valence-corrected chi connectivity index (χ4v) is 2.91. The maximum atomic E-state index is 11.6. The van der Waals surface area contributed by atoms with Gasteiger partial charge in [-0.05, 0) is 44.0 Å². The zero-order chi connectivity index (χ0) is 14.2. The van der Waals surface area contributed by atoms with Crippen LogP contribution in [0.5, 0.6) is 0 Å². The molecule has 0 bridgehead atoms. The van der Waals surface area contributed by atoms with E-state index in [1.807, 2.05) is 19.0 Å². The van der Waals surface area contributed by atoms with Crippen molar-refractivity contribution in [2.45, 2.75) is 38.6 Å². The molecule has 0 amide bonds. The smallest absolute Gasteiger partial charge is 0.311 e. The lowest BCUT2D eigenvalue weighted by Crippen LogP contribution is -2.33. The summed E-state index contributed by atoms with van der Waals surface area (Å²) in [5, 5.41) is 9.50. The topological polar surface area (TPSA) is 40.5 Å². The molecule has 0 saturated heterocycles. The molecule has 1 atom stereocenters. The average molecular weight is 261 g/mol. The monoisotopic (exact) mass is 261 g/mol. The Morgan fingerprint density at radius 1 is 1.16 bits per heavy atom. The minimum Gasteiger partial charge on any atom is -0.481 e. The van der Waals surface area contributed by atoms with E-state index in [9.17, 15) is 9.90 Å². The van der Waals surface area contributed by atoms with Gasteiger partial charge >= 0.3 is 5.97 Å². The highest BCUT2D eigenvalue weighted by molar-refractivity contribution is 5.79. The number of hydrogen-bond donors (Lipinski definition) is 1. The molecule has 1 N–H and O–H groups in total. The number of hydrogen-bond acceptors (Lipinski definition) is 2. The molecule has 0 aromatic heterocycles. The summed E-state index contributed by atoms with van der Waals surface area (Å²) < 4.78 is 0. The molecule has 1 aliphatic carbocycles. The van der Waals surface area contributed by atoms with Crippen molar-refractivity contribution in [3.63, 3.8) is 0 Å². The zero-order valence-electron chi connectivity index (χ0n) is 12.2. The highest BCUT2D eigenvalue weighted by Gasteiger charge is 2.57. The fourth-order valence-electron chi connectivity index (χ4n) is 2.91. The Morgan fingerprint density at radius 2 is 1.63 bits per heavy atom. The molecule has 0 aliphatic heterocycles. The van der Waals surface area contributed by atoms with Gasteiger partial charge in [0.1, 0.15) is 0 Å². The van der Waals surface area contributed by atoms with Crippen LogP contribution in [-0.2, 0) is 4.79 Å². The Kier molecular flexibility index (Phi) is 3.68. The molecule has 1 saturated carbocycles. The number of benzene rings is 1. The number of aliphatic carboxylic acids is 1. The van der Waals surface area contributed by atoms with Crippen LogP contribution in [0.4, 0.5) is 0 Å². The van der Waals surface area contributed by atoms with Crippen LogP contribution < -0.4 is 0 Å². The number of rotatable bonds is 5. The minimum atomic E-state index is -0.667. The molecule has 104 valence electrons. The van der Waals surface area contributed by atoms with Crippen LogP contribution >= 0.6 is 0 Å². The molecule has 1 aliphatic rings. The number of carboxylic acids is 1. The van der Waals surface area contributed by atoms with Crippen molar-refractivity contribution in [2.24, 2.45) is 5.41 Å². The van der Waals surface area contributed by atoms with E-state index in [0.29, 0.717) is 5.92 Å². The van der Waals surface area contributed by atoms with Crippen molar-refractivity contribution in [3.05, 3.63) is 35.4 Å². The third-order valence-electron chi connectivity index (χ3n) is 4.17. The lowest BCUT2D eigenvalue weighted by molar-refractivity contribution is -0.146. The summed E-state index contributed by atoms with van der Waals surface area (Å²) in [6.45, 7) is 4.33. The van der Waals surface area contributed by atoms with Crippen LogP contribution in [0.2, 0.25) is 0 Å². The van der Waals surface area contributed by atoms with E-state index in [1.54, 1.807) is 0 Å². The van der Waals surface area contributed by atoms with E-state index >= 15 is 0 Å². The first-order valence-corrected chi connectivity index (χ1v) is 6.88. The second kappa shape index (κ2) is 4.97. The first-order chi connectivity index (χ1) is 8.88. The van der Waals surface area contributed by atoms with Crippen LogP contribution in [0, 0.1) is 5.41 Å². The van der Waals surface area contributed by atoms with Gasteiger partial charge in [-0.15, -0.1) is 0 Å². The molecular weight excluding hydrogens is 238 g/mol. The van der Waals surface area contributed by atoms with Gasteiger partial charge in [-0.25, -0.2) is 0 Å². The Balaban J connectivity index is 2.33. The average Bonchev–Trinajstić information content (AvgIpc) is 3.11. The normalized spacial score (nSPS) is 18.6. The number of carboxylic acid groups (broad SMARTS) is 1. The molecule has 1 aromatic rings. The van der Waals surface area contributed by atoms with E-state index in [4.69, 9.17) is 0 Å². The summed E-state index contributed by atoms with van der Waals surface area (Å²) >= 11 is 0. The first kappa shape index (κ1) is 14.1. The maximum absolute atomic E-state index is 11.6. The molecule has 19 heavy (non-hydrogen) atoms. The summed E-state index contributed by atoms with van der Waals surface area (Å²) in [4.78, 5) is 13.6. The van der Waals surface area contributed by atoms with Crippen molar-refractivity contribution in [2.75, 3.05) is 14.1 Å². The van der Waals surface area contributed by atoms with E-state index < -0.39 is 11.4 Å². The van der Waals surface area contributed by atoms with Crippen molar-refractivity contribution in [3.8, 4) is 0 Å². The highest BCUT2D eigenvalue weighted by Crippen LogP contribution is 2.57. The van der Waals surface area contributed by atoms with Gasteiger partial charge in [0.2, 0.25) is 0 Å². The van der Waals surface area contributed by atoms with Crippen molar-refractivity contribution >= 4 is 5.97 Å². The van der Waals surface area contributed by atoms with Crippen LogP contribution in [0.3, 0.4) is 0 Å². The molecule has 0 spiro atoms. The predicted octanol–water partition coefficient (Wildman–Crippen LogP) is 3.28. The van der Waals surface area contributed by atoms with Gasteiger partial charge in [0.25, 0.3) is 0 Å². The van der Waals surface area contributed by atoms with Crippen LogP contribution in [0.1, 0.15) is 49.8 Å². The Bertz CT molecular complexity index is 458. The lowest BCUT2D eigenvalue weighted by Gasteiger charge is -2.30. The van der Waals surface area contributed by atoms with Crippen LogP contribution in [-0.4, -0.2) is 30.1 Å². The van der Waals surface area contributed by atoms with Gasteiger partial charge in [0.05, 0.1) is 11.5 Å². The van der Waals surface area contributed by atoms with Gasteiger partial charge in [0, 0.05) is 0 Å². The van der Waals surface area contributed by atoms with Crippen LogP contribution in [0.15, 0.2) is 24.3 Å². The predicted molar refractivity (Wildman–Crippen MR) is 76.3 cm³/mol. The maximum Gasteiger partial charge on any atom is 0.311 e. The first-order valence-electron chi connectivity index (χ1n) is 6.88. The number of nitrogens with zero attached hydrogens (tertiary/aromatic N) is 1. The van der Waals surface area contributed by atoms with Gasteiger partial charge in [-0.3, -0.25) is 4.79 Å². The third-order valence-corrected chi connectivity index (χ3v) is 4.17. The standard InChI is InChI=1S/C16H23NO2/c1-11(2)12-5-7-13(8-6-12)14(17(3)4)16(9-10-16)15(18)19/h5-8,11,14H,9-10H2,1-4H3,(H,18,19). The summed E-state index contributed by atoms with van der Waals surface area (Å²) in [6, 6.07) is 8.38. The Labute approximate surface area is 115 Å². The van der Waals surface area contributed by atoms with Crippen molar-refractivity contribution in [1.29, 1.82) is 0 Å². The largest absolute Gasteiger partial charge is 0.481 e. The molecule has 3 nitrogen and oxygen atoms in total. The molecule has 3 heteroatoms. The minimum absolute atomic E-state index is 0.0359. The highest BCUT2D eigenvalue weighted by atomic mass is 16.4. The Morgan fingerprint density at radius 3 is 1.95 bits per heavy atom. The summed E-state index contributed by atoms with van der Waals surface area (Å²) in [6.07, 6.45) is 1.55. The van der Waals surface area contributed by atoms with E-state index in [-0.39, 0.29) is 6.04 Å². The molecular formula is C16H23NO2. The molecule has 0 heterocycles. The molecule has 0 radical (unpaired) electrons. The van der Waals surface area contributed by atoms with E-state index in [0.717, 1.165) is 18.4 Å². The Hall–Kier alpha value is -1.35. The zero-order valence-corrected chi connectivity index (χ0v) is 12.2. The number of carbonyl (C=O) groups is 1. The van der Waals surface area contributed by atoms with Gasteiger partial charge in [-0.1, -0.05) is 38.1 Å². The lowest BCUT2D eigenvalue weighted by atomic mass is 9.88. The molecule has 1 fully saturated rings. The van der Waals surface area contributed by atoms with E-state index in [2.05, 4.69) is 38.1 Å². The molecule has 1 aromatic carbocycles. The second-order valence-electron chi connectivity index (χ2n) is 6.15. The van der Waals surface area contributed by atoms with E-state index in [1.165, 1.54) is 5.56 Å².